The Labute approximate surface area is 95.1 Å². The van der Waals surface area contributed by atoms with Gasteiger partial charge in [-0.05, 0) is 23.6 Å². The number of rotatable bonds is 4. The molecule has 1 aromatic carbocycles. The minimum Gasteiger partial charge on any atom is -0.508 e. The van der Waals surface area contributed by atoms with Gasteiger partial charge in [0.2, 0.25) is 0 Å². The van der Waals surface area contributed by atoms with Crippen molar-refractivity contribution < 1.29 is 5.11 Å². The van der Waals surface area contributed by atoms with Gasteiger partial charge in [0.05, 0.1) is 0 Å². The van der Waals surface area contributed by atoms with E-state index in [0.717, 1.165) is 12.6 Å². The molecule has 0 saturated carbocycles. The molecule has 1 unspecified atom stereocenters. The number of hydrogen-bond donors (Lipinski definition) is 2. The van der Waals surface area contributed by atoms with E-state index in [1.165, 1.54) is 17.1 Å². The van der Waals surface area contributed by atoms with Crippen molar-refractivity contribution in [3.05, 3.63) is 29.8 Å². The minimum atomic E-state index is 0.342. The highest BCUT2D eigenvalue weighted by molar-refractivity contribution is 8.00. The van der Waals surface area contributed by atoms with Crippen LogP contribution in [0.15, 0.2) is 24.3 Å². The summed E-state index contributed by atoms with van der Waals surface area (Å²) in [5, 5.41) is 12.7. The number of thioether (sulfide) groups is 1. The molecule has 2 N–H and O–H groups in total. The third-order valence-corrected chi connectivity index (χ3v) is 4.09. The molecule has 2 rings (SSSR count). The fourth-order valence-corrected chi connectivity index (χ4v) is 2.32. The van der Waals surface area contributed by atoms with Crippen molar-refractivity contribution in [1.29, 1.82) is 0 Å². The Hall–Kier alpha value is -0.670. The Kier molecular flexibility index (Phi) is 3.54. The van der Waals surface area contributed by atoms with Crippen molar-refractivity contribution in [2.75, 3.05) is 18.1 Å². The maximum atomic E-state index is 9.19. The topological polar surface area (TPSA) is 32.3 Å². The number of phenols is 1. The van der Waals surface area contributed by atoms with Crippen LogP contribution in [-0.2, 0) is 0 Å². The second-order valence-electron chi connectivity index (χ2n) is 4.14. The van der Waals surface area contributed by atoms with Gasteiger partial charge in [-0.25, -0.2) is 0 Å². The fraction of sp³-hybridized carbons (Fsp3) is 0.500. The van der Waals surface area contributed by atoms with Crippen LogP contribution in [0.4, 0.5) is 0 Å². The van der Waals surface area contributed by atoms with Crippen molar-refractivity contribution in [2.45, 2.75) is 18.9 Å². The zero-order valence-electron chi connectivity index (χ0n) is 8.94. The summed E-state index contributed by atoms with van der Waals surface area (Å²) in [6, 6.07) is 8.22. The van der Waals surface area contributed by atoms with Crippen molar-refractivity contribution >= 4 is 11.8 Å². The molecule has 82 valence electrons. The quantitative estimate of drug-likeness (QED) is 0.821. The van der Waals surface area contributed by atoms with Gasteiger partial charge >= 0.3 is 0 Å². The van der Waals surface area contributed by atoms with E-state index in [-0.39, 0.29) is 0 Å². The first kappa shape index (κ1) is 10.8. The van der Waals surface area contributed by atoms with Crippen molar-refractivity contribution in [1.82, 2.24) is 5.32 Å². The third kappa shape index (κ3) is 2.89. The minimum absolute atomic E-state index is 0.342. The van der Waals surface area contributed by atoms with Gasteiger partial charge in [0.25, 0.3) is 0 Å². The summed E-state index contributed by atoms with van der Waals surface area (Å²) < 4.78 is 0. The largest absolute Gasteiger partial charge is 0.508 e. The predicted molar refractivity (Wildman–Crippen MR) is 65.6 cm³/mol. The second kappa shape index (κ2) is 4.90. The molecule has 3 heteroatoms. The molecule has 1 heterocycles. The Bertz CT molecular complexity index is 308. The van der Waals surface area contributed by atoms with E-state index >= 15 is 0 Å². The highest BCUT2D eigenvalue weighted by Crippen LogP contribution is 2.20. The van der Waals surface area contributed by atoms with Gasteiger partial charge in [-0.3, -0.25) is 0 Å². The number of nitrogens with one attached hydrogen (secondary N) is 1. The molecule has 0 radical (unpaired) electrons. The fourth-order valence-electron chi connectivity index (χ4n) is 1.62. The molecule has 1 atom stereocenters. The highest BCUT2D eigenvalue weighted by atomic mass is 32.2. The molecular formula is C12H17NOS. The number of benzene rings is 1. The lowest BCUT2D eigenvalue weighted by atomic mass is 10.0. The number of aromatic hydroxyl groups is 1. The molecule has 0 amide bonds. The normalized spacial score (nSPS) is 18.5. The van der Waals surface area contributed by atoms with Gasteiger partial charge in [-0.2, -0.15) is 11.8 Å². The van der Waals surface area contributed by atoms with Crippen LogP contribution in [0.2, 0.25) is 0 Å². The SMILES string of the molecule is CC(CNC1CSC1)c1ccc(O)cc1. The van der Waals surface area contributed by atoms with Gasteiger partial charge in [0.1, 0.15) is 5.75 Å². The van der Waals surface area contributed by atoms with Crippen molar-refractivity contribution in [3.8, 4) is 5.75 Å². The lowest BCUT2D eigenvalue weighted by Gasteiger charge is -2.27. The van der Waals surface area contributed by atoms with Crippen LogP contribution in [0.1, 0.15) is 18.4 Å². The molecule has 1 fully saturated rings. The van der Waals surface area contributed by atoms with Crippen LogP contribution in [0.25, 0.3) is 0 Å². The maximum absolute atomic E-state index is 9.19. The second-order valence-corrected chi connectivity index (χ2v) is 5.21. The average molecular weight is 223 g/mol. The van der Waals surface area contributed by atoms with Crippen LogP contribution < -0.4 is 5.32 Å². The first-order valence-electron chi connectivity index (χ1n) is 5.36. The lowest BCUT2D eigenvalue weighted by molar-refractivity contribution is 0.474. The Balaban J connectivity index is 1.83. The molecule has 15 heavy (non-hydrogen) atoms. The molecule has 0 bridgehead atoms. The molecular weight excluding hydrogens is 206 g/mol. The maximum Gasteiger partial charge on any atom is 0.115 e. The van der Waals surface area contributed by atoms with Gasteiger partial charge in [0, 0.05) is 24.1 Å². The summed E-state index contributed by atoms with van der Waals surface area (Å²) in [5.41, 5.74) is 1.28. The molecule has 0 aromatic heterocycles. The van der Waals surface area contributed by atoms with Crippen molar-refractivity contribution in [3.63, 3.8) is 0 Å². The van der Waals surface area contributed by atoms with Gasteiger partial charge in [0.15, 0.2) is 0 Å². The van der Waals surface area contributed by atoms with Crippen LogP contribution in [-0.4, -0.2) is 29.2 Å². The van der Waals surface area contributed by atoms with E-state index in [1.807, 2.05) is 23.9 Å². The van der Waals surface area contributed by atoms with E-state index in [0.29, 0.717) is 11.7 Å². The molecule has 1 aromatic rings. The molecule has 0 aliphatic carbocycles. The average Bonchev–Trinajstić information content (AvgIpc) is 2.16. The van der Waals surface area contributed by atoms with Crippen molar-refractivity contribution in [2.24, 2.45) is 0 Å². The van der Waals surface area contributed by atoms with Gasteiger partial charge < -0.3 is 10.4 Å². The highest BCUT2D eigenvalue weighted by Gasteiger charge is 2.18. The van der Waals surface area contributed by atoms with Crippen LogP contribution in [0.5, 0.6) is 5.75 Å². The van der Waals surface area contributed by atoms with Crippen LogP contribution >= 0.6 is 11.8 Å². The predicted octanol–water partition coefficient (Wildman–Crippen LogP) is 2.20. The first-order chi connectivity index (χ1) is 7.25. The standard InChI is InChI=1S/C12H17NOS/c1-9(6-13-11-7-15-8-11)10-2-4-12(14)5-3-10/h2-5,9,11,13-14H,6-8H2,1H3. The summed E-state index contributed by atoms with van der Waals surface area (Å²) in [6.45, 7) is 3.24. The number of phenolic OH excluding ortho intramolecular Hbond substituents is 1. The number of hydrogen-bond acceptors (Lipinski definition) is 3. The van der Waals surface area contributed by atoms with E-state index in [9.17, 15) is 5.11 Å². The Morgan fingerprint density at radius 3 is 2.60 bits per heavy atom. The lowest BCUT2D eigenvalue weighted by Crippen LogP contribution is -2.41. The monoisotopic (exact) mass is 223 g/mol. The zero-order valence-corrected chi connectivity index (χ0v) is 9.76. The van der Waals surface area contributed by atoms with Crippen LogP contribution in [0, 0.1) is 0 Å². The smallest absolute Gasteiger partial charge is 0.115 e. The van der Waals surface area contributed by atoms with Gasteiger partial charge in [-0.1, -0.05) is 19.1 Å². The molecule has 1 saturated heterocycles. The van der Waals surface area contributed by atoms with E-state index < -0.39 is 0 Å². The Morgan fingerprint density at radius 2 is 2.07 bits per heavy atom. The zero-order chi connectivity index (χ0) is 10.7. The summed E-state index contributed by atoms with van der Waals surface area (Å²) in [7, 11) is 0. The van der Waals surface area contributed by atoms with E-state index in [2.05, 4.69) is 12.2 Å². The molecule has 0 spiro atoms. The molecule has 1 aliphatic heterocycles. The van der Waals surface area contributed by atoms with Gasteiger partial charge in [-0.15, -0.1) is 0 Å². The Morgan fingerprint density at radius 1 is 1.40 bits per heavy atom. The summed E-state index contributed by atoms with van der Waals surface area (Å²) >= 11 is 2.00. The van der Waals surface area contributed by atoms with E-state index in [4.69, 9.17) is 0 Å². The third-order valence-electron chi connectivity index (χ3n) is 2.81. The first-order valence-corrected chi connectivity index (χ1v) is 6.51. The molecule has 2 nitrogen and oxygen atoms in total. The van der Waals surface area contributed by atoms with Crippen LogP contribution in [0.3, 0.4) is 0 Å². The summed E-state index contributed by atoms with van der Waals surface area (Å²) in [4.78, 5) is 0. The van der Waals surface area contributed by atoms with E-state index in [1.54, 1.807) is 12.1 Å². The summed E-state index contributed by atoms with van der Waals surface area (Å²) in [6.07, 6.45) is 0. The molecule has 1 aliphatic rings. The summed E-state index contributed by atoms with van der Waals surface area (Å²) in [5.74, 6) is 3.36.